The second kappa shape index (κ2) is 5.07. The van der Waals surface area contributed by atoms with E-state index in [1.165, 1.54) is 0 Å². The Labute approximate surface area is 137 Å². The van der Waals surface area contributed by atoms with Gasteiger partial charge in [-0.25, -0.2) is 17.9 Å². The van der Waals surface area contributed by atoms with Crippen LogP contribution in [-0.4, -0.2) is 54.9 Å². The Hall–Kier alpha value is -1.14. The van der Waals surface area contributed by atoms with E-state index in [-0.39, 0.29) is 0 Å². The van der Waals surface area contributed by atoms with Crippen molar-refractivity contribution >= 4 is 10.0 Å². The molecule has 0 aliphatic heterocycles. The fraction of sp³-hybridized carbons (Fsp3) is 1.00. The number of primary sulfonamides is 1. The smallest absolute Gasteiger partial charge is 0.223 e. The highest BCUT2D eigenvalue weighted by Crippen LogP contribution is 2.73. The summed E-state index contributed by atoms with van der Waals surface area (Å²) in [6.45, 7) is 0. The normalized spacial score (nSPS) is 28.6. The highest BCUT2D eigenvalue weighted by Gasteiger charge is 3.07. The van der Waals surface area contributed by atoms with Crippen molar-refractivity contribution in [3.8, 4) is 0 Å². The molecule has 2 N–H and O–H groups in total. The van der Waals surface area contributed by atoms with Crippen molar-refractivity contribution in [1.29, 1.82) is 0 Å². The van der Waals surface area contributed by atoms with Gasteiger partial charge < -0.3 is 0 Å². The summed E-state index contributed by atoms with van der Waals surface area (Å²) in [4.78, 5) is 0. The van der Waals surface area contributed by atoms with Crippen LogP contribution in [0.1, 0.15) is 0 Å². The molecule has 162 valence electrons. The summed E-state index contributed by atoms with van der Waals surface area (Å²) in [5.74, 6) is -49.3. The minimum absolute atomic E-state index is 3.39. The van der Waals surface area contributed by atoms with Crippen molar-refractivity contribution in [3.05, 3.63) is 0 Å². The molecule has 1 aliphatic rings. The molecule has 1 fully saturated rings. The second-order valence-electron chi connectivity index (χ2n) is 5.17. The predicted octanol–water partition coefficient (Wildman–Crippen LogP) is 3.40. The molecule has 0 aromatic carbocycles. The second-order valence-corrected chi connectivity index (χ2v) is 6.77. The molecule has 1 aliphatic carbocycles. The molecule has 27 heavy (non-hydrogen) atoms. The van der Waals surface area contributed by atoms with Crippen molar-refractivity contribution < 1.29 is 74.3 Å². The van der Waals surface area contributed by atoms with E-state index in [9.17, 15) is 74.3 Å². The number of hydrogen-bond donors (Lipinski definition) is 1. The number of hydrogen-bond acceptors (Lipinski definition) is 2. The van der Waals surface area contributed by atoms with Gasteiger partial charge in [0, 0.05) is 0 Å². The average Bonchev–Trinajstić information content (AvgIpc) is 2.42. The zero-order valence-electron chi connectivity index (χ0n) is 11.5. The van der Waals surface area contributed by atoms with E-state index in [1.54, 1.807) is 0 Å². The lowest BCUT2D eigenvalue weighted by molar-refractivity contribution is -0.512. The van der Waals surface area contributed by atoms with Crippen LogP contribution in [0.2, 0.25) is 0 Å². The Balaban J connectivity index is 4.16. The summed E-state index contributed by atoms with van der Waals surface area (Å²) >= 11 is 0. The largest absolute Gasteiger partial charge is 0.424 e. The van der Waals surface area contributed by atoms with Crippen LogP contribution in [-0.2, 0) is 10.0 Å². The first-order valence-corrected chi connectivity index (χ1v) is 7.15. The molecular weight excluding hydrogens is 459 g/mol. The van der Waals surface area contributed by atoms with Gasteiger partial charge in [0.2, 0.25) is 0 Å². The first-order valence-electron chi connectivity index (χ1n) is 5.61. The molecule has 0 aromatic heterocycles. The summed E-state index contributed by atoms with van der Waals surface area (Å²) in [7, 11) is -7.42. The van der Waals surface area contributed by atoms with Crippen LogP contribution in [0.15, 0.2) is 0 Å². The number of alkyl halides is 15. The minimum Gasteiger partial charge on any atom is -0.223 e. The number of rotatable bonds is 3. The molecule has 1 rings (SSSR count). The van der Waals surface area contributed by atoms with E-state index < -0.39 is 56.5 Å². The fourth-order valence-electron chi connectivity index (χ4n) is 1.99. The van der Waals surface area contributed by atoms with Gasteiger partial charge in [0.15, 0.2) is 0 Å². The quantitative estimate of drug-likeness (QED) is 0.656. The molecule has 0 saturated heterocycles. The topological polar surface area (TPSA) is 60.2 Å². The molecule has 0 spiro atoms. The number of sulfonamides is 1. The zero-order valence-corrected chi connectivity index (χ0v) is 12.3. The lowest BCUT2D eigenvalue weighted by Gasteiger charge is -2.54. The van der Waals surface area contributed by atoms with Gasteiger partial charge in [-0.15, -0.1) is 0 Å². The van der Waals surface area contributed by atoms with E-state index >= 15 is 0 Å². The van der Waals surface area contributed by atoms with Crippen LogP contribution in [0.3, 0.4) is 0 Å². The molecule has 0 atom stereocenters. The Bertz CT molecular complexity index is 711. The van der Waals surface area contributed by atoms with Crippen molar-refractivity contribution in [1.82, 2.24) is 0 Å². The third-order valence-corrected chi connectivity index (χ3v) is 4.57. The summed E-state index contributed by atoms with van der Waals surface area (Å²) in [5, 5.41) is -4.26. The third kappa shape index (κ3) is 2.04. The molecule has 0 amide bonds. The van der Waals surface area contributed by atoms with Gasteiger partial charge in [-0.3, -0.25) is 0 Å². The van der Waals surface area contributed by atoms with Gasteiger partial charge in [-0.2, -0.15) is 61.5 Å². The van der Waals surface area contributed by atoms with Gasteiger partial charge in [-0.05, 0) is 0 Å². The highest BCUT2D eigenvalue weighted by atomic mass is 32.2. The molecule has 0 aromatic rings. The molecule has 0 bridgehead atoms. The Morgan fingerprint density at radius 3 is 1.00 bits per heavy atom. The van der Waals surface area contributed by atoms with Gasteiger partial charge in [-0.1, -0.05) is 0 Å². The van der Waals surface area contributed by atoms with Gasteiger partial charge >= 0.3 is 46.5 Å². The standard InChI is InChI=1S/C8H2F15NO2S/c9-1(4(14,15)8(22,23)27(24,25)26)2(10,11)5(16,17)7(20,21)6(18,19)3(1,12)13/h(H2,24,25,26). The minimum atomic E-state index is -8.56. The maximum Gasteiger partial charge on any atom is 0.424 e. The van der Waals surface area contributed by atoms with E-state index in [0.717, 1.165) is 0 Å². The molecule has 0 radical (unpaired) electrons. The first kappa shape index (κ1) is 23.9. The van der Waals surface area contributed by atoms with E-state index in [2.05, 4.69) is 5.14 Å². The van der Waals surface area contributed by atoms with Crippen LogP contribution < -0.4 is 5.14 Å². The van der Waals surface area contributed by atoms with E-state index in [1.807, 2.05) is 0 Å². The van der Waals surface area contributed by atoms with Gasteiger partial charge in [0.1, 0.15) is 0 Å². The Kier molecular flexibility index (Phi) is 4.48. The molecular formula is C8H2F15NO2S. The maximum atomic E-state index is 13.9. The Morgan fingerprint density at radius 1 is 0.556 bits per heavy atom. The number of nitrogens with two attached hydrogens (primary N) is 1. The maximum absolute atomic E-state index is 13.9. The van der Waals surface area contributed by atoms with Crippen molar-refractivity contribution in [2.45, 2.75) is 46.5 Å². The summed E-state index contributed by atoms with van der Waals surface area (Å²) in [5.41, 5.74) is -8.56. The van der Waals surface area contributed by atoms with Gasteiger partial charge in [0.25, 0.3) is 10.0 Å². The van der Waals surface area contributed by atoms with Gasteiger partial charge in [0.05, 0.1) is 0 Å². The molecule has 0 unspecified atom stereocenters. The molecule has 3 nitrogen and oxygen atoms in total. The van der Waals surface area contributed by atoms with Crippen LogP contribution >= 0.6 is 0 Å². The van der Waals surface area contributed by atoms with Crippen LogP contribution in [0.4, 0.5) is 65.9 Å². The average molecular weight is 461 g/mol. The molecule has 0 heterocycles. The predicted molar refractivity (Wildman–Crippen MR) is 51.6 cm³/mol. The highest BCUT2D eigenvalue weighted by molar-refractivity contribution is 7.90. The third-order valence-electron chi connectivity index (χ3n) is 3.60. The summed E-state index contributed by atoms with van der Waals surface area (Å²) < 4.78 is 218. The van der Waals surface area contributed by atoms with Crippen LogP contribution in [0.25, 0.3) is 0 Å². The van der Waals surface area contributed by atoms with Crippen LogP contribution in [0, 0.1) is 0 Å². The fourth-order valence-corrected chi connectivity index (χ4v) is 2.49. The summed E-state index contributed by atoms with van der Waals surface area (Å²) in [6.07, 6.45) is 0. The van der Waals surface area contributed by atoms with Crippen molar-refractivity contribution in [2.24, 2.45) is 5.14 Å². The zero-order chi connectivity index (χ0) is 22.5. The molecule has 1 saturated carbocycles. The van der Waals surface area contributed by atoms with Crippen molar-refractivity contribution in [2.75, 3.05) is 0 Å². The lowest BCUT2D eigenvalue weighted by atomic mass is 9.69. The lowest BCUT2D eigenvalue weighted by Crippen LogP contribution is -2.89. The van der Waals surface area contributed by atoms with Crippen molar-refractivity contribution in [3.63, 3.8) is 0 Å². The summed E-state index contributed by atoms with van der Waals surface area (Å²) in [6, 6.07) is 0. The van der Waals surface area contributed by atoms with Crippen LogP contribution in [0.5, 0.6) is 0 Å². The first-order chi connectivity index (χ1) is 11.2. The SMILES string of the molecule is NS(=O)(=O)C(F)(F)C(F)(F)C1(F)C(F)(F)C(F)(F)C(F)(F)C(F)(F)C1(F)F. The molecule has 19 heteroatoms. The Morgan fingerprint density at radius 2 is 0.778 bits per heavy atom. The number of halogens is 15. The van der Waals surface area contributed by atoms with E-state index in [0.29, 0.717) is 0 Å². The monoisotopic (exact) mass is 461 g/mol. The van der Waals surface area contributed by atoms with E-state index in [4.69, 9.17) is 0 Å².